The maximum atomic E-state index is 12.4. The molecule has 2 amide bonds. The van der Waals surface area contributed by atoms with Gasteiger partial charge in [0.1, 0.15) is 12.1 Å². The molecule has 1 fully saturated rings. The van der Waals surface area contributed by atoms with Crippen molar-refractivity contribution in [3.05, 3.63) is 42.2 Å². The number of likely N-dealkylation sites (N-methyl/N-ethyl adjacent to an activating group) is 1. The SMILES string of the molecule is CN(Cc1cccc(-c2cnc(N3CCCC3)nc2)c1)C(=O)CNC(=O)OC(C)(C)C. The topological polar surface area (TPSA) is 87.7 Å². The number of benzene rings is 1. The molecule has 0 atom stereocenters. The Morgan fingerprint density at radius 2 is 1.81 bits per heavy atom. The molecule has 31 heavy (non-hydrogen) atoms. The molecular weight excluding hydrogens is 394 g/mol. The highest BCUT2D eigenvalue weighted by molar-refractivity contribution is 5.82. The number of amides is 2. The molecule has 1 saturated heterocycles. The van der Waals surface area contributed by atoms with Crippen LogP contribution in [-0.2, 0) is 16.1 Å². The third-order valence-corrected chi connectivity index (χ3v) is 4.92. The van der Waals surface area contributed by atoms with Gasteiger partial charge in [0.05, 0.1) is 0 Å². The lowest BCUT2D eigenvalue weighted by molar-refractivity contribution is -0.129. The molecule has 1 aromatic heterocycles. The average molecular weight is 426 g/mol. The summed E-state index contributed by atoms with van der Waals surface area (Å²) in [5.41, 5.74) is 2.31. The number of rotatable bonds is 6. The first-order valence-corrected chi connectivity index (χ1v) is 10.6. The van der Waals surface area contributed by atoms with Crippen LogP contribution in [-0.4, -0.2) is 59.2 Å². The molecule has 1 aliphatic rings. The first kappa shape index (κ1) is 22.5. The maximum absolute atomic E-state index is 12.4. The van der Waals surface area contributed by atoms with Gasteiger partial charge in [0.15, 0.2) is 0 Å². The summed E-state index contributed by atoms with van der Waals surface area (Å²) in [7, 11) is 1.71. The van der Waals surface area contributed by atoms with Crippen molar-refractivity contribution in [2.24, 2.45) is 0 Å². The molecule has 1 aromatic carbocycles. The largest absolute Gasteiger partial charge is 0.444 e. The number of aromatic nitrogens is 2. The Kier molecular flexibility index (Phi) is 7.09. The standard InChI is InChI=1S/C23H31N5O3/c1-23(2,3)31-22(30)26-15-20(29)27(4)16-17-8-7-9-18(12-17)19-13-24-21(25-14-19)28-10-5-6-11-28/h7-9,12-14H,5-6,10-11,15-16H2,1-4H3,(H,26,30). The molecule has 0 bridgehead atoms. The molecule has 0 aliphatic carbocycles. The van der Waals surface area contributed by atoms with E-state index >= 15 is 0 Å². The Balaban J connectivity index is 1.57. The number of anilines is 1. The predicted octanol–water partition coefficient (Wildman–Crippen LogP) is 3.23. The smallest absolute Gasteiger partial charge is 0.408 e. The lowest BCUT2D eigenvalue weighted by atomic mass is 10.1. The third-order valence-electron chi connectivity index (χ3n) is 4.92. The van der Waals surface area contributed by atoms with Gasteiger partial charge in [-0.25, -0.2) is 14.8 Å². The molecule has 166 valence electrons. The number of hydrogen-bond acceptors (Lipinski definition) is 6. The van der Waals surface area contributed by atoms with Gasteiger partial charge in [0.2, 0.25) is 11.9 Å². The second-order valence-corrected chi connectivity index (χ2v) is 8.77. The van der Waals surface area contributed by atoms with E-state index in [1.54, 1.807) is 32.7 Å². The number of nitrogens with zero attached hydrogens (tertiary/aromatic N) is 4. The molecule has 8 heteroatoms. The van der Waals surface area contributed by atoms with Gasteiger partial charge in [-0.05, 0) is 50.8 Å². The molecule has 1 N–H and O–H groups in total. The van der Waals surface area contributed by atoms with Crippen LogP contribution < -0.4 is 10.2 Å². The van der Waals surface area contributed by atoms with Gasteiger partial charge in [-0.3, -0.25) is 4.79 Å². The fourth-order valence-corrected chi connectivity index (χ4v) is 3.36. The van der Waals surface area contributed by atoms with Crippen molar-refractivity contribution in [1.29, 1.82) is 0 Å². The van der Waals surface area contributed by atoms with E-state index in [4.69, 9.17) is 4.74 Å². The van der Waals surface area contributed by atoms with Gasteiger partial charge in [-0.2, -0.15) is 0 Å². The van der Waals surface area contributed by atoms with E-state index in [0.717, 1.165) is 35.7 Å². The van der Waals surface area contributed by atoms with Gasteiger partial charge in [-0.1, -0.05) is 18.2 Å². The monoisotopic (exact) mass is 425 g/mol. The van der Waals surface area contributed by atoms with Crippen LogP contribution in [0.3, 0.4) is 0 Å². The number of hydrogen-bond donors (Lipinski definition) is 1. The minimum Gasteiger partial charge on any atom is -0.444 e. The first-order valence-electron chi connectivity index (χ1n) is 10.6. The second-order valence-electron chi connectivity index (χ2n) is 8.77. The molecule has 2 heterocycles. The van der Waals surface area contributed by atoms with Crippen LogP contribution in [0.1, 0.15) is 39.2 Å². The lowest BCUT2D eigenvalue weighted by Gasteiger charge is -2.21. The Labute approximate surface area is 183 Å². The van der Waals surface area contributed by atoms with Crippen molar-refractivity contribution in [1.82, 2.24) is 20.2 Å². The van der Waals surface area contributed by atoms with E-state index in [1.165, 1.54) is 12.8 Å². The fraction of sp³-hybridized carbons (Fsp3) is 0.478. The van der Waals surface area contributed by atoms with Crippen LogP contribution >= 0.6 is 0 Å². The van der Waals surface area contributed by atoms with E-state index in [-0.39, 0.29) is 12.5 Å². The summed E-state index contributed by atoms with van der Waals surface area (Å²) in [6.07, 6.45) is 5.46. The minimum atomic E-state index is -0.603. The van der Waals surface area contributed by atoms with Gasteiger partial charge in [0.25, 0.3) is 0 Å². The number of carbonyl (C=O) groups excluding carboxylic acids is 2. The summed E-state index contributed by atoms with van der Waals surface area (Å²) in [5.74, 6) is 0.579. The molecule has 1 aliphatic heterocycles. The highest BCUT2D eigenvalue weighted by Gasteiger charge is 2.18. The highest BCUT2D eigenvalue weighted by atomic mass is 16.6. The minimum absolute atomic E-state index is 0.114. The summed E-state index contributed by atoms with van der Waals surface area (Å²) in [4.78, 5) is 36.9. The van der Waals surface area contributed by atoms with Crippen molar-refractivity contribution < 1.29 is 14.3 Å². The number of nitrogens with one attached hydrogen (secondary N) is 1. The number of ether oxygens (including phenoxy) is 1. The summed E-state index contributed by atoms with van der Waals surface area (Å²) in [6, 6.07) is 7.95. The summed E-state index contributed by atoms with van der Waals surface area (Å²) in [6.45, 7) is 7.66. The number of alkyl carbamates (subject to hydrolysis) is 1. The lowest BCUT2D eigenvalue weighted by Crippen LogP contribution is -2.40. The first-order chi connectivity index (χ1) is 14.7. The Bertz CT molecular complexity index is 902. The average Bonchev–Trinajstić information content (AvgIpc) is 3.26. The van der Waals surface area contributed by atoms with Crippen molar-refractivity contribution in [3.8, 4) is 11.1 Å². The van der Waals surface area contributed by atoms with Crippen LogP contribution in [0.25, 0.3) is 11.1 Å². The van der Waals surface area contributed by atoms with E-state index in [0.29, 0.717) is 6.54 Å². The van der Waals surface area contributed by atoms with Crippen molar-refractivity contribution in [2.75, 3.05) is 31.6 Å². The highest BCUT2D eigenvalue weighted by Crippen LogP contribution is 2.22. The van der Waals surface area contributed by atoms with Crippen molar-refractivity contribution >= 4 is 17.9 Å². The second kappa shape index (κ2) is 9.76. The molecule has 3 rings (SSSR count). The maximum Gasteiger partial charge on any atom is 0.408 e. The molecule has 0 spiro atoms. The van der Waals surface area contributed by atoms with Crippen LogP contribution in [0.5, 0.6) is 0 Å². The zero-order valence-electron chi connectivity index (χ0n) is 18.7. The third kappa shape index (κ3) is 6.67. The van der Waals surface area contributed by atoms with Crippen LogP contribution in [0.4, 0.5) is 10.7 Å². The van der Waals surface area contributed by atoms with E-state index < -0.39 is 11.7 Å². The van der Waals surface area contributed by atoms with Crippen molar-refractivity contribution in [2.45, 2.75) is 45.8 Å². The molecule has 0 radical (unpaired) electrons. The summed E-state index contributed by atoms with van der Waals surface area (Å²) < 4.78 is 5.16. The van der Waals surface area contributed by atoms with Crippen LogP contribution in [0, 0.1) is 0 Å². The summed E-state index contributed by atoms with van der Waals surface area (Å²) >= 11 is 0. The molecule has 0 unspecified atom stereocenters. The zero-order chi connectivity index (χ0) is 22.4. The van der Waals surface area contributed by atoms with Gasteiger partial charge < -0.3 is 19.9 Å². The molecule has 8 nitrogen and oxygen atoms in total. The van der Waals surface area contributed by atoms with Gasteiger partial charge in [0, 0.05) is 44.6 Å². The van der Waals surface area contributed by atoms with Crippen LogP contribution in [0.2, 0.25) is 0 Å². The summed E-state index contributed by atoms with van der Waals surface area (Å²) in [5, 5.41) is 2.50. The molecular formula is C23H31N5O3. The van der Waals surface area contributed by atoms with Gasteiger partial charge >= 0.3 is 6.09 Å². The molecule has 0 saturated carbocycles. The Morgan fingerprint density at radius 3 is 2.45 bits per heavy atom. The molecule has 2 aromatic rings. The van der Waals surface area contributed by atoms with E-state index in [2.05, 4.69) is 20.2 Å². The quantitative estimate of drug-likeness (QED) is 0.765. The van der Waals surface area contributed by atoms with Crippen molar-refractivity contribution in [3.63, 3.8) is 0 Å². The fourth-order valence-electron chi connectivity index (χ4n) is 3.36. The predicted molar refractivity (Wildman–Crippen MR) is 120 cm³/mol. The van der Waals surface area contributed by atoms with Crippen LogP contribution in [0.15, 0.2) is 36.7 Å². The number of carbonyl (C=O) groups is 2. The Hall–Kier alpha value is -3.16. The Morgan fingerprint density at radius 1 is 1.13 bits per heavy atom. The van der Waals surface area contributed by atoms with Gasteiger partial charge in [-0.15, -0.1) is 0 Å². The zero-order valence-corrected chi connectivity index (χ0v) is 18.7. The normalized spacial score (nSPS) is 13.7. The van der Waals surface area contributed by atoms with E-state index in [9.17, 15) is 9.59 Å². The van der Waals surface area contributed by atoms with E-state index in [1.807, 2.05) is 36.7 Å².